The van der Waals surface area contributed by atoms with Crippen LogP contribution in [0.15, 0.2) is 30.5 Å². The number of nitrogens with one attached hydrogen (secondary N) is 1. The van der Waals surface area contributed by atoms with E-state index in [0.29, 0.717) is 15.9 Å². The molecule has 1 heterocycles. The molecule has 1 N–H and O–H groups in total. The van der Waals surface area contributed by atoms with E-state index in [-0.39, 0.29) is 0 Å². The molecule has 0 amide bonds. The van der Waals surface area contributed by atoms with Crippen LogP contribution in [-0.4, -0.2) is 17.0 Å². The van der Waals surface area contributed by atoms with Crippen LogP contribution in [0.1, 0.15) is 0 Å². The fourth-order valence-electron chi connectivity index (χ4n) is 1.30. The van der Waals surface area contributed by atoms with Crippen LogP contribution in [0.25, 0.3) is 11.4 Å². The third-order valence-electron chi connectivity index (χ3n) is 2.10. The van der Waals surface area contributed by atoms with Gasteiger partial charge in [0.05, 0.1) is 10.0 Å². The number of hydrogen-bond acceptors (Lipinski definition) is 3. The quantitative estimate of drug-likeness (QED) is 0.891. The number of benzene rings is 1. The van der Waals surface area contributed by atoms with Gasteiger partial charge < -0.3 is 5.32 Å². The number of aromatic nitrogens is 2. The molecule has 5 heteroatoms. The van der Waals surface area contributed by atoms with Gasteiger partial charge in [-0.25, -0.2) is 9.97 Å². The van der Waals surface area contributed by atoms with Gasteiger partial charge >= 0.3 is 0 Å². The predicted molar refractivity (Wildman–Crippen MR) is 67.0 cm³/mol. The fourth-order valence-corrected chi connectivity index (χ4v) is 1.69. The van der Waals surface area contributed by atoms with Crippen molar-refractivity contribution in [3.63, 3.8) is 0 Å². The van der Waals surface area contributed by atoms with Gasteiger partial charge in [0.25, 0.3) is 0 Å². The molecule has 0 radical (unpaired) electrons. The number of rotatable bonds is 2. The van der Waals surface area contributed by atoms with Crippen molar-refractivity contribution in [1.29, 1.82) is 0 Å². The molecule has 0 aliphatic heterocycles. The highest BCUT2D eigenvalue weighted by molar-refractivity contribution is 6.43. The van der Waals surface area contributed by atoms with Crippen molar-refractivity contribution in [1.82, 2.24) is 9.97 Å². The van der Waals surface area contributed by atoms with Crippen LogP contribution in [0.5, 0.6) is 0 Å². The van der Waals surface area contributed by atoms with E-state index in [1.807, 2.05) is 12.1 Å². The SMILES string of the molecule is CNc1ccnc(-c2cccc(Cl)c2Cl)n1. The molecule has 1 aromatic carbocycles. The molecule has 0 atom stereocenters. The van der Waals surface area contributed by atoms with Crippen LogP contribution in [0.2, 0.25) is 10.0 Å². The Balaban J connectivity index is 2.54. The van der Waals surface area contributed by atoms with Gasteiger partial charge in [-0.05, 0) is 18.2 Å². The number of hydrogen-bond donors (Lipinski definition) is 1. The van der Waals surface area contributed by atoms with E-state index in [2.05, 4.69) is 15.3 Å². The average Bonchev–Trinajstić information content (AvgIpc) is 2.33. The normalized spacial score (nSPS) is 10.2. The highest BCUT2D eigenvalue weighted by Crippen LogP contribution is 2.31. The molecule has 82 valence electrons. The topological polar surface area (TPSA) is 37.8 Å². The maximum atomic E-state index is 6.09. The first-order valence-corrected chi connectivity index (χ1v) is 5.43. The zero-order chi connectivity index (χ0) is 11.5. The summed E-state index contributed by atoms with van der Waals surface area (Å²) in [5.74, 6) is 1.29. The number of anilines is 1. The lowest BCUT2D eigenvalue weighted by atomic mass is 10.2. The summed E-state index contributed by atoms with van der Waals surface area (Å²) < 4.78 is 0. The largest absolute Gasteiger partial charge is 0.373 e. The van der Waals surface area contributed by atoms with Crippen LogP contribution < -0.4 is 5.32 Å². The van der Waals surface area contributed by atoms with Crippen molar-refractivity contribution < 1.29 is 0 Å². The van der Waals surface area contributed by atoms with Gasteiger partial charge in [0.1, 0.15) is 5.82 Å². The Kier molecular flexibility index (Phi) is 3.27. The minimum Gasteiger partial charge on any atom is -0.373 e. The monoisotopic (exact) mass is 253 g/mol. The minimum absolute atomic E-state index is 0.470. The van der Waals surface area contributed by atoms with Crippen molar-refractivity contribution in [2.45, 2.75) is 0 Å². The summed E-state index contributed by atoms with van der Waals surface area (Å²) in [6.07, 6.45) is 1.67. The second-order valence-corrected chi connectivity index (χ2v) is 3.90. The Bertz CT molecular complexity index is 514. The minimum atomic E-state index is 0.470. The zero-order valence-corrected chi connectivity index (χ0v) is 10.0. The van der Waals surface area contributed by atoms with E-state index in [0.717, 1.165) is 11.4 Å². The summed E-state index contributed by atoms with van der Waals surface area (Å²) >= 11 is 12.0. The lowest BCUT2D eigenvalue weighted by Gasteiger charge is -2.05. The summed E-state index contributed by atoms with van der Waals surface area (Å²) in [5, 5.41) is 3.91. The number of nitrogens with zero attached hydrogens (tertiary/aromatic N) is 2. The first-order chi connectivity index (χ1) is 7.72. The van der Waals surface area contributed by atoms with Crippen molar-refractivity contribution in [3.8, 4) is 11.4 Å². The summed E-state index contributed by atoms with van der Waals surface area (Å²) in [6.45, 7) is 0. The van der Waals surface area contributed by atoms with E-state index < -0.39 is 0 Å². The van der Waals surface area contributed by atoms with Crippen LogP contribution in [-0.2, 0) is 0 Å². The molecule has 0 unspecified atom stereocenters. The first-order valence-electron chi connectivity index (χ1n) is 4.67. The first kappa shape index (κ1) is 11.2. The standard InChI is InChI=1S/C11H9Cl2N3/c1-14-9-5-6-15-11(16-9)7-3-2-4-8(12)10(7)13/h2-6H,1H3,(H,14,15,16). The van der Waals surface area contributed by atoms with Crippen molar-refractivity contribution in [2.24, 2.45) is 0 Å². The summed E-state index contributed by atoms with van der Waals surface area (Å²) in [7, 11) is 1.80. The Hall–Kier alpha value is -1.32. The van der Waals surface area contributed by atoms with E-state index in [9.17, 15) is 0 Å². The zero-order valence-electron chi connectivity index (χ0n) is 8.54. The molecule has 0 spiro atoms. The van der Waals surface area contributed by atoms with Crippen LogP contribution >= 0.6 is 23.2 Å². The molecule has 0 aliphatic carbocycles. The third kappa shape index (κ3) is 2.10. The summed E-state index contributed by atoms with van der Waals surface area (Å²) in [4.78, 5) is 8.46. The predicted octanol–water partition coefficient (Wildman–Crippen LogP) is 3.49. The highest BCUT2D eigenvalue weighted by Gasteiger charge is 2.09. The van der Waals surface area contributed by atoms with Gasteiger partial charge in [-0.1, -0.05) is 29.3 Å². The maximum absolute atomic E-state index is 6.09. The van der Waals surface area contributed by atoms with Crippen LogP contribution in [0, 0.1) is 0 Å². The molecule has 0 saturated carbocycles. The Morgan fingerprint density at radius 2 is 2.00 bits per heavy atom. The summed E-state index contributed by atoms with van der Waals surface area (Å²) in [6, 6.07) is 7.17. The van der Waals surface area contributed by atoms with Gasteiger partial charge in [-0.2, -0.15) is 0 Å². The molecule has 3 nitrogen and oxygen atoms in total. The van der Waals surface area contributed by atoms with Gasteiger partial charge in [0, 0.05) is 18.8 Å². The van der Waals surface area contributed by atoms with Crippen LogP contribution in [0.4, 0.5) is 5.82 Å². The highest BCUT2D eigenvalue weighted by atomic mass is 35.5. The van der Waals surface area contributed by atoms with Gasteiger partial charge in [0.2, 0.25) is 0 Å². The number of halogens is 2. The molecule has 1 aromatic heterocycles. The molecule has 0 aliphatic rings. The molecule has 0 saturated heterocycles. The molecule has 2 rings (SSSR count). The van der Waals surface area contributed by atoms with Crippen molar-refractivity contribution in [3.05, 3.63) is 40.5 Å². The molecule has 16 heavy (non-hydrogen) atoms. The molecular weight excluding hydrogens is 245 g/mol. The molecule has 2 aromatic rings. The summed E-state index contributed by atoms with van der Waals surface area (Å²) in [5.41, 5.74) is 0.728. The lowest BCUT2D eigenvalue weighted by Crippen LogP contribution is -1.96. The lowest BCUT2D eigenvalue weighted by molar-refractivity contribution is 1.17. The Morgan fingerprint density at radius 3 is 2.75 bits per heavy atom. The van der Waals surface area contributed by atoms with E-state index in [1.54, 1.807) is 25.4 Å². The maximum Gasteiger partial charge on any atom is 0.163 e. The Morgan fingerprint density at radius 1 is 1.19 bits per heavy atom. The van der Waals surface area contributed by atoms with Crippen molar-refractivity contribution >= 4 is 29.0 Å². The molecular formula is C11H9Cl2N3. The van der Waals surface area contributed by atoms with Gasteiger partial charge in [-0.15, -0.1) is 0 Å². The van der Waals surface area contributed by atoms with Gasteiger partial charge in [0.15, 0.2) is 5.82 Å². The fraction of sp³-hybridized carbons (Fsp3) is 0.0909. The van der Waals surface area contributed by atoms with E-state index in [4.69, 9.17) is 23.2 Å². The second-order valence-electron chi connectivity index (χ2n) is 3.12. The van der Waals surface area contributed by atoms with Crippen LogP contribution in [0.3, 0.4) is 0 Å². The van der Waals surface area contributed by atoms with E-state index >= 15 is 0 Å². The smallest absolute Gasteiger partial charge is 0.163 e. The third-order valence-corrected chi connectivity index (χ3v) is 2.92. The van der Waals surface area contributed by atoms with Gasteiger partial charge in [-0.3, -0.25) is 0 Å². The second kappa shape index (κ2) is 4.68. The van der Waals surface area contributed by atoms with E-state index in [1.165, 1.54) is 0 Å². The molecule has 0 fully saturated rings. The average molecular weight is 254 g/mol. The van der Waals surface area contributed by atoms with Crippen molar-refractivity contribution in [2.75, 3.05) is 12.4 Å². The molecule has 0 bridgehead atoms. The Labute approximate surface area is 103 Å².